The van der Waals surface area contributed by atoms with Gasteiger partial charge < -0.3 is 15.2 Å². The van der Waals surface area contributed by atoms with Crippen molar-refractivity contribution in [3.05, 3.63) is 51.9 Å². The zero-order valence-corrected chi connectivity index (χ0v) is 16.9. The number of alkyl halides is 6. The first kappa shape index (κ1) is 22.9. The lowest BCUT2D eigenvalue weighted by Crippen LogP contribution is -2.17. The number of benzene rings is 2. The highest BCUT2D eigenvalue weighted by molar-refractivity contribution is 8.26. The molecule has 0 aromatic heterocycles. The fraction of sp³-hybridized carbons (Fsp3) is 0.158. The number of thiocarbonyl (C=S) groups is 1. The number of phenols is 1. The number of hydrogen-bond donors (Lipinski definition) is 2. The minimum atomic E-state index is -5.02. The molecule has 2 N–H and O–H groups in total. The molecule has 0 aliphatic carbocycles. The molecular weight excluding hydrogens is 468 g/mol. The topological polar surface area (TPSA) is 58.6 Å². The molecule has 2 aromatic carbocycles. The van der Waals surface area contributed by atoms with Gasteiger partial charge in [-0.3, -0.25) is 4.79 Å². The summed E-state index contributed by atoms with van der Waals surface area (Å²) in [6.45, 7) is 0. The van der Waals surface area contributed by atoms with Crippen molar-refractivity contribution < 1.29 is 41.0 Å². The fourth-order valence-electron chi connectivity index (χ4n) is 2.75. The van der Waals surface area contributed by atoms with Gasteiger partial charge in [-0.1, -0.05) is 24.0 Å². The first-order chi connectivity index (χ1) is 14.3. The second-order valence-corrected chi connectivity index (χ2v) is 7.98. The van der Waals surface area contributed by atoms with Gasteiger partial charge in [-0.15, -0.1) is 0 Å². The molecule has 1 aliphatic heterocycles. The molecule has 1 saturated heterocycles. The highest BCUT2D eigenvalue weighted by Gasteiger charge is 2.37. The number of rotatable bonds is 3. The minimum absolute atomic E-state index is 0.0183. The standard InChI is InChI=1S/C19H11F6NO3S2/c1-29-13-5-8(2-10(15(13)27)6-14-16(28)26-17(30)31-14)9-3-11(18(20,21)22)7-12(4-9)19(23,24)25/h2-7,27H,1H3,(H,26,28,30). The SMILES string of the molecule is COc1cc(-c2cc(C(F)(F)F)cc(C(F)(F)F)c2)cc(C=C2SC(=S)NC2=O)c1O. The van der Waals surface area contributed by atoms with Crippen molar-refractivity contribution in [3.8, 4) is 22.6 Å². The zero-order chi connectivity index (χ0) is 23.1. The van der Waals surface area contributed by atoms with Crippen LogP contribution in [0.4, 0.5) is 26.3 Å². The van der Waals surface area contributed by atoms with E-state index in [0.29, 0.717) is 12.1 Å². The van der Waals surface area contributed by atoms with E-state index in [1.807, 2.05) is 0 Å². The Morgan fingerprint density at radius 3 is 2.00 bits per heavy atom. The van der Waals surface area contributed by atoms with E-state index in [4.69, 9.17) is 17.0 Å². The van der Waals surface area contributed by atoms with Crippen molar-refractivity contribution in [3.63, 3.8) is 0 Å². The van der Waals surface area contributed by atoms with Crippen molar-refractivity contribution >= 4 is 40.3 Å². The van der Waals surface area contributed by atoms with E-state index >= 15 is 0 Å². The summed E-state index contributed by atoms with van der Waals surface area (Å²) in [6.07, 6.45) is -8.83. The van der Waals surface area contributed by atoms with Crippen LogP contribution in [-0.2, 0) is 17.1 Å². The van der Waals surface area contributed by atoms with Crippen molar-refractivity contribution in [1.82, 2.24) is 5.32 Å². The van der Waals surface area contributed by atoms with Gasteiger partial charge in [-0.25, -0.2) is 0 Å². The van der Waals surface area contributed by atoms with Gasteiger partial charge in [0, 0.05) is 5.56 Å². The number of nitrogens with one attached hydrogen (secondary N) is 1. The van der Waals surface area contributed by atoms with E-state index in [2.05, 4.69) is 5.32 Å². The summed E-state index contributed by atoms with van der Waals surface area (Å²) in [6, 6.07) is 3.38. The summed E-state index contributed by atoms with van der Waals surface area (Å²) in [5.74, 6) is -1.22. The molecule has 0 saturated carbocycles. The smallest absolute Gasteiger partial charge is 0.416 e. The third-order valence-electron chi connectivity index (χ3n) is 4.17. The van der Waals surface area contributed by atoms with Gasteiger partial charge in [0.2, 0.25) is 0 Å². The first-order valence-electron chi connectivity index (χ1n) is 8.25. The lowest BCUT2D eigenvalue weighted by atomic mass is 9.97. The quantitative estimate of drug-likeness (QED) is 0.341. The van der Waals surface area contributed by atoms with Crippen LogP contribution >= 0.6 is 24.0 Å². The van der Waals surface area contributed by atoms with Gasteiger partial charge in [0.25, 0.3) is 5.91 Å². The van der Waals surface area contributed by atoms with Crippen molar-refractivity contribution in [2.45, 2.75) is 12.4 Å². The third-order valence-corrected chi connectivity index (χ3v) is 5.34. The molecule has 3 rings (SSSR count). The van der Waals surface area contributed by atoms with Crippen LogP contribution < -0.4 is 10.1 Å². The fourth-order valence-corrected chi connectivity index (χ4v) is 3.78. The Morgan fingerprint density at radius 2 is 1.55 bits per heavy atom. The molecule has 31 heavy (non-hydrogen) atoms. The Balaban J connectivity index is 2.22. The highest BCUT2D eigenvalue weighted by atomic mass is 32.2. The maximum atomic E-state index is 13.2. The molecular formula is C19H11F6NO3S2. The number of thioether (sulfide) groups is 1. The summed E-state index contributed by atoms with van der Waals surface area (Å²) in [5, 5.41) is 12.7. The van der Waals surface area contributed by atoms with Crippen LogP contribution in [0.25, 0.3) is 17.2 Å². The van der Waals surface area contributed by atoms with Crippen molar-refractivity contribution in [1.29, 1.82) is 0 Å². The molecule has 164 valence electrons. The predicted octanol–water partition coefficient (Wildman–Crippen LogP) is 5.59. The second-order valence-electron chi connectivity index (χ2n) is 6.26. The van der Waals surface area contributed by atoms with Crippen LogP contribution in [0.5, 0.6) is 11.5 Å². The number of hydrogen-bond acceptors (Lipinski definition) is 5. The van der Waals surface area contributed by atoms with Crippen LogP contribution in [-0.4, -0.2) is 22.4 Å². The van der Waals surface area contributed by atoms with Gasteiger partial charge in [-0.05, 0) is 47.5 Å². The molecule has 1 fully saturated rings. The van der Waals surface area contributed by atoms with E-state index in [0.717, 1.165) is 31.0 Å². The molecule has 0 spiro atoms. The highest BCUT2D eigenvalue weighted by Crippen LogP contribution is 2.42. The Labute approximate surface area is 180 Å². The summed E-state index contributed by atoms with van der Waals surface area (Å²) in [4.78, 5) is 12.0. The second kappa shape index (κ2) is 8.08. The predicted molar refractivity (Wildman–Crippen MR) is 106 cm³/mol. The zero-order valence-electron chi connectivity index (χ0n) is 15.3. The van der Waals surface area contributed by atoms with Crippen LogP contribution in [0.1, 0.15) is 16.7 Å². The van der Waals surface area contributed by atoms with Crippen molar-refractivity contribution in [2.75, 3.05) is 7.11 Å². The minimum Gasteiger partial charge on any atom is -0.504 e. The molecule has 1 aliphatic rings. The van der Waals surface area contributed by atoms with Crippen LogP contribution in [0.15, 0.2) is 35.2 Å². The van der Waals surface area contributed by atoms with Crippen molar-refractivity contribution in [2.24, 2.45) is 0 Å². The molecule has 0 radical (unpaired) electrons. The summed E-state index contributed by atoms with van der Waals surface area (Å²) in [5.41, 5.74) is -3.52. The maximum Gasteiger partial charge on any atom is 0.416 e. The molecule has 0 atom stereocenters. The number of phenolic OH excluding ortho intramolecular Hbond substituents is 1. The average molecular weight is 479 g/mol. The van der Waals surface area contributed by atoms with Crippen LogP contribution in [0, 0.1) is 0 Å². The van der Waals surface area contributed by atoms with Gasteiger partial charge >= 0.3 is 12.4 Å². The lowest BCUT2D eigenvalue weighted by Gasteiger charge is -2.16. The number of halogens is 6. The average Bonchev–Trinajstić information content (AvgIpc) is 2.98. The van der Waals surface area contributed by atoms with Gasteiger partial charge in [0.15, 0.2) is 11.5 Å². The molecule has 1 amide bonds. The number of methoxy groups -OCH3 is 1. The molecule has 4 nitrogen and oxygen atoms in total. The van der Waals surface area contributed by atoms with E-state index in [-0.39, 0.29) is 32.2 Å². The summed E-state index contributed by atoms with van der Waals surface area (Å²) >= 11 is 5.75. The van der Waals surface area contributed by atoms with Gasteiger partial charge in [0.1, 0.15) is 4.32 Å². The van der Waals surface area contributed by atoms with E-state index in [1.165, 1.54) is 6.08 Å². The summed E-state index contributed by atoms with van der Waals surface area (Å²) in [7, 11) is 1.16. The number of amides is 1. The van der Waals surface area contributed by atoms with Gasteiger partial charge in [0.05, 0.1) is 23.1 Å². The Kier molecular flexibility index (Phi) is 5.98. The van der Waals surface area contributed by atoms with E-state index in [9.17, 15) is 36.2 Å². The third kappa shape index (κ3) is 4.96. The van der Waals surface area contributed by atoms with Crippen LogP contribution in [0.3, 0.4) is 0 Å². The maximum absolute atomic E-state index is 13.2. The molecule has 0 unspecified atom stereocenters. The molecule has 1 heterocycles. The lowest BCUT2D eigenvalue weighted by molar-refractivity contribution is -0.143. The normalized spacial score (nSPS) is 16.0. The number of carbonyl (C=O) groups is 1. The molecule has 0 bridgehead atoms. The number of ether oxygens (including phenoxy) is 1. The van der Waals surface area contributed by atoms with Gasteiger partial charge in [-0.2, -0.15) is 26.3 Å². The molecule has 2 aromatic rings. The summed E-state index contributed by atoms with van der Waals surface area (Å²) < 4.78 is 84.3. The Hall–Kier alpha value is -2.73. The number of aromatic hydroxyl groups is 1. The Morgan fingerprint density at radius 1 is 1.00 bits per heavy atom. The van der Waals surface area contributed by atoms with Crippen LogP contribution in [0.2, 0.25) is 0 Å². The Bertz CT molecular complexity index is 1080. The monoisotopic (exact) mass is 479 g/mol. The molecule has 12 heteroatoms. The van der Waals surface area contributed by atoms with E-state index in [1.54, 1.807) is 0 Å². The number of carbonyl (C=O) groups excluding carboxylic acids is 1. The largest absolute Gasteiger partial charge is 0.504 e. The van der Waals surface area contributed by atoms with E-state index < -0.39 is 40.7 Å². The first-order valence-corrected chi connectivity index (χ1v) is 9.48.